The number of esters is 1. The van der Waals surface area contributed by atoms with Crippen molar-refractivity contribution >= 4 is 17.8 Å². The van der Waals surface area contributed by atoms with E-state index in [0.717, 1.165) is 17.2 Å². The van der Waals surface area contributed by atoms with Crippen LogP contribution in [0, 0.1) is 11.6 Å². The summed E-state index contributed by atoms with van der Waals surface area (Å²) in [4.78, 5) is 38.0. The van der Waals surface area contributed by atoms with Crippen molar-refractivity contribution in [1.29, 1.82) is 0 Å². The van der Waals surface area contributed by atoms with Crippen molar-refractivity contribution in [3.8, 4) is 0 Å². The third-order valence-electron chi connectivity index (χ3n) is 7.13. The molecule has 1 aliphatic heterocycles. The van der Waals surface area contributed by atoms with E-state index < -0.39 is 41.2 Å². The molecule has 1 fully saturated rings. The lowest BCUT2D eigenvalue weighted by Crippen LogP contribution is -2.53. The number of amides is 2. The smallest absolute Gasteiger partial charge is 0.315 e. The van der Waals surface area contributed by atoms with Crippen molar-refractivity contribution in [3.05, 3.63) is 70.8 Å². The van der Waals surface area contributed by atoms with Gasteiger partial charge >= 0.3 is 5.97 Å². The minimum absolute atomic E-state index is 0.0106. The molecule has 0 bridgehead atoms. The summed E-state index contributed by atoms with van der Waals surface area (Å²) in [5, 5.41) is 17.3. The highest BCUT2D eigenvalue weighted by Crippen LogP contribution is 2.34. The summed E-state index contributed by atoms with van der Waals surface area (Å²) in [6.45, 7) is 6.14. The van der Waals surface area contributed by atoms with Crippen LogP contribution >= 0.6 is 0 Å². The van der Waals surface area contributed by atoms with Gasteiger partial charge < -0.3 is 25.4 Å². The van der Waals surface area contributed by atoms with Crippen LogP contribution in [0.1, 0.15) is 56.2 Å². The maximum Gasteiger partial charge on any atom is 0.315 e. The van der Waals surface area contributed by atoms with Gasteiger partial charge in [-0.3, -0.25) is 14.4 Å². The summed E-state index contributed by atoms with van der Waals surface area (Å²) in [5.74, 6) is -2.58. The lowest BCUT2D eigenvalue weighted by molar-refractivity contribution is -0.146. The van der Waals surface area contributed by atoms with Crippen LogP contribution in [0.15, 0.2) is 42.5 Å². The molecule has 2 aromatic carbocycles. The van der Waals surface area contributed by atoms with Crippen molar-refractivity contribution in [3.63, 3.8) is 0 Å². The molecule has 212 valence electrons. The van der Waals surface area contributed by atoms with Crippen LogP contribution in [0.25, 0.3) is 0 Å². The van der Waals surface area contributed by atoms with Crippen molar-refractivity contribution in [2.24, 2.45) is 0 Å². The first kappa shape index (κ1) is 30.2. The highest BCUT2D eigenvalue weighted by atomic mass is 19.1. The molecule has 1 aliphatic rings. The lowest BCUT2D eigenvalue weighted by atomic mass is 9.86. The molecule has 1 saturated heterocycles. The second-order valence-electron chi connectivity index (χ2n) is 10.4. The number of ether oxygens (including phenoxy) is 1. The van der Waals surface area contributed by atoms with E-state index in [4.69, 9.17) is 0 Å². The van der Waals surface area contributed by atoms with Gasteiger partial charge in [-0.25, -0.2) is 8.78 Å². The van der Waals surface area contributed by atoms with E-state index in [1.165, 1.54) is 26.2 Å². The Morgan fingerprint density at radius 1 is 1.13 bits per heavy atom. The molecule has 0 aromatic heterocycles. The third-order valence-corrected chi connectivity index (χ3v) is 7.13. The Morgan fingerprint density at radius 2 is 1.82 bits per heavy atom. The second-order valence-corrected chi connectivity index (χ2v) is 10.4. The second kappa shape index (κ2) is 13.1. The summed E-state index contributed by atoms with van der Waals surface area (Å²) in [6, 6.07) is 10.3. The molecule has 0 radical (unpaired) electrons. The van der Waals surface area contributed by atoms with Gasteiger partial charge in [-0.1, -0.05) is 38.1 Å². The maximum atomic E-state index is 13.8. The number of hydrogen-bond donors (Lipinski definition) is 3. The number of nitrogens with zero attached hydrogens (tertiary/aromatic N) is 1. The fourth-order valence-electron chi connectivity index (χ4n) is 4.98. The standard InChI is InChI=1S/C29H37F2N3O5/c1-18(2)21-6-5-7-22(13-21)29(8-9-34(17-29)27(37)15-28(38)39-4)32-16-26(36)25(33-19(3)35)12-20-10-23(30)14-24(31)11-20/h5-7,10-11,13-14,18,25-26,32,36H,8-9,12,15-17H2,1-4H3,(H,33,35)/t25-,26-,29?/m0/s1. The summed E-state index contributed by atoms with van der Waals surface area (Å²) in [6.07, 6.45) is -0.953. The molecule has 3 rings (SSSR count). The Hall–Kier alpha value is -3.37. The van der Waals surface area contributed by atoms with Crippen LogP contribution in [0.3, 0.4) is 0 Å². The first-order valence-electron chi connectivity index (χ1n) is 13.0. The van der Waals surface area contributed by atoms with Crippen LogP contribution in [0.2, 0.25) is 0 Å². The summed E-state index contributed by atoms with van der Waals surface area (Å²) in [5.41, 5.74) is 1.60. The Balaban J connectivity index is 1.85. The number of aliphatic hydroxyl groups excluding tert-OH is 1. The monoisotopic (exact) mass is 545 g/mol. The van der Waals surface area contributed by atoms with Crippen LogP contribution < -0.4 is 10.6 Å². The summed E-state index contributed by atoms with van der Waals surface area (Å²) in [7, 11) is 1.23. The average Bonchev–Trinajstić information content (AvgIpc) is 3.32. The van der Waals surface area contributed by atoms with E-state index in [-0.39, 0.29) is 37.8 Å². The quantitative estimate of drug-likeness (QED) is 0.296. The fourth-order valence-corrected chi connectivity index (χ4v) is 4.98. The molecule has 3 N–H and O–H groups in total. The first-order valence-corrected chi connectivity index (χ1v) is 13.0. The van der Waals surface area contributed by atoms with E-state index in [2.05, 4.69) is 35.3 Å². The number of nitrogens with one attached hydrogen (secondary N) is 2. The van der Waals surface area contributed by atoms with Gasteiger partial charge in [0.2, 0.25) is 11.8 Å². The van der Waals surface area contributed by atoms with E-state index in [1.54, 1.807) is 4.90 Å². The largest absolute Gasteiger partial charge is 0.469 e. The topological polar surface area (TPSA) is 108 Å². The Bertz CT molecular complexity index is 1170. The van der Waals surface area contributed by atoms with Gasteiger partial charge in [-0.05, 0) is 47.6 Å². The van der Waals surface area contributed by atoms with Gasteiger partial charge in [-0.15, -0.1) is 0 Å². The molecule has 0 aliphatic carbocycles. The normalized spacial score (nSPS) is 18.6. The molecule has 1 heterocycles. The number of halogens is 2. The number of benzene rings is 2. The van der Waals surface area contributed by atoms with E-state index in [0.29, 0.717) is 18.5 Å². The third kappa shape index (κ3) is 8.06. The number of carbonyl (C=O) groups excluding carboxylic acids is 3. The van der Waals surface area contributed by atoms with Gasteiger partial charge in [0.25, 0.3) is 0 Å². The maximum absolute atomic E-state index is 13.8. The molecule has 2 amide bonds. The van der Waals surface area contributed by atoms with E-state index >= 15 is 0 Å². The molecule has 3 atom stereocenters. The van der Waals surface area contributed by atoms with Gasteiger partial charge in [0.1, 0.15) is 18.1 Å². The van der Waals surface area contributed by atoms with E-state index in [1.807, 2.05) is 18.2 Å². The Kier molecular flexibility index (Phi) is 10.2. The number of hydrogen-bond acceptors (Lipinski definition) is 6. The number of methoxy groups -OCH3 is 1. The summed E-state index contributed by atoms with van der Waals surface area (Å²) >= 11 is 0. The molecule has 2 aromatic rings. The van der Waals surface area contributed by atoms with Crippen molar-refractivity contribution < 1.29 is 33.0 Å². The van der Waals surface area contributed by atoms with Crippen LogP contribution in [-0.4, -0.2) is 66.7 Å². The Morgan fingerprint density at radius 3 is 2.44 bits per heavy atom. The lowest BCUT2D eigenvalue weighted by Gasteiger charge is -2.34. The predicted molar refractivity (Wildman–Crippen MR) is 142 cm³/mol. The van der Waals surface area contributed by atoms with Crippen molar-refractivity contribution in [2.75, 3.05) is 26.7 Å². The molecule has 0 spiro atoms. The minimum atomic E-state index is -1.12. The minimum Gasteiger partial charge on any atom is -0.469 e. The molecular formula is C29H37F2N3O5. The zero-order valence-electron chi connectivity index (χ0n) is 22.8. The van der Waals surface area contributed by atoms with Gasteiger partial charge in [-0.2, -0.15) is 0 Å². The molecule has 10 heteroatoms. The fraction of sp³-hybridized carbons (Fsp3) is 0.483. The Labute approximate surface area is 227 Å². The van der Waals surface area contributed by atoms with Crippen LogP contribution in [0.4, 0.5) is 8.78 Å². The number of aliphatic hydroxyl groups is 1. The molecule has 0 saturated carbocycles. The highest BCUT2D eigenvalue weighted by molar-refractivity contribution is 5.94. The number of rotatable bonds is 11. The van der Waals surface area contributed by atoms with Crippen LogP contribution in [0.5, 0.6) is 0 Å². The van der Waals surface area contributed by atoms with Gasteiger partial charge in [0.05, 0.1) is 24.8 Å². The van der Waals surface area contributed by atoms with Crippen LogP contribution in [-0.2, 0) is 31.1 Å². The average molecular weight is 546 g/mol. The number of likely N-dealkylation sites (tertiary alicyclic amines) is 1. The van der Waals surface area contributed by atoms with E-state index in [9.17, 15) is 28.3 Å². The van der Waals surface area contributed by atoms with Gasteiger partial charge in [0, 0.05) is 32.6 Å². The van der Waals surface area contributed by atoms with Crippen molar-refractivity contribution in [1.82, 2.24) is 15.5 Å². The molecule has 1 unspecified atom stereocenters. The zero-order valence-corrected chi connectivity index (χ0v) is 22.8. The first-order chi connectivity index (χ1) is 18.4. The number of carbonyl (C=O) groups is 3. The van der Waals surface area contributed by atoms with Gasteiger partial charge in [0.15, 0.2) is 0 Å². The highest BCUT2D eigenvalue weighted by Gasteiger charge is 2.42. The molecule has 39 heavy (non-hydrogen) atoms. The molecular weight excluding hydrogens is 508 g/mol. The SMILES string of the molecule is COC(=O)CC(=O)N1CCC(NC[C@H](O)[C@H](Cc2cc(F)cc(F)c2)NC(C)=O)(c2cccc(C(C)C)c2)C1. The van der Waals surface area contributed by atoms with Crippen molar-refractivity contribution in [2.45, 2.75) is 63.6 Å². The predicted octanol–water partition coefficient (Wildman–Crippen LogP) is 2.78. The molecule has 8 nitrogen and oxygen atoms in total. The summed E-state index contributed by atoms with van der Waals surface area (Å²) < 4.78 is 32.2. The zero-order chi connectivity index (χ0) is 28.7.